The average Bonchev–Trinajstić information content (AvgIpc) is 2.15. The van der Waals surface area contributed by atoms with Crippen LogP contribution >= 0.6 is 15.9 Å². The fourth-order valence-electron chi connectivity index (χ4n) is 1.80. The number of amides is 1. The Hall–Kier alpha value is -0.0900. The summed E-state index contributed by atoms with van der Waals surface area (Å²) < 4.78 is -0.485. The molecule has 1 aliphatic carbocycles. The second-order valence-corrected chi connectivity index (χ2v) is 6.84. The van der Waals surface area contributed by atoms with Crippen molar-refractivity contribution >= 4 is 21.8 Å². The van der Waals surface area contributed by atoms with Crippen molar-refractivity contribution < 1.29 is 9.90 Å². The van der Waals surface area contributed by atoms with E-state index < -0.39 is 4.32 Å². The minimum atomic E-state index is -0.485. The highest BCUT2D eigenvalue weighted by molar-refractivity contribution is 9.10. The van der Waals surface area contributed by atoms with Crippen LogP contribution in [0.15, 0.2) is 0 Å². The van der Waals surface area contributed by atoms with E-state index in [1.165, 1.54) is 0 Å². The van der Waals surface area contributed by atoms with Gasteiger partial charge in [-0.25, -0.2) is 0 Å². The van der Waals surface area contributed by atoms with Crippen LogP contribution in [0.1, 0.15) is 39.5 Å². The Bertz CT molecular complexity index is 217. The summed E-state index contributed by atoms with van der Waals surface area (Å²) in [6.07, 6.45) is 3.66. The van der Waals surface area contributed by atoms with E-state index in [1.807, 2.05) is 13.8 Å². The summed E-state index contributed by atoms with van der Waals surface area (Å²) in [5, 5.41) is 12.3. The van der Waals surface area contributed by atoms with Gasteiger partial charge in [0.25, 0.3) is 0 Å². The van der Waals surface area contributed by atoms with Crippen LogP contribution in [-0.4, -0.2) is 28.0 Å². The molecule has 0 aromatic rings. The van der Waals surface area contributed by atoms with Crippen LogP contribution in [0, 0.1) is 5.92 Å². The minimum Gasteiger partial charge on any atom is -0.393 e. The third kappa shape index (κ3) is 4.51. The zero-order valence-corrected chi connectivity index (χ0v) is 11.0. The maximum Gasteiger partial charge on any atom is 0.236 e. The Morgan fingerprint density at radius 2 is 1.93 bits per heavy atom. The number of aliphatic hydroxyl groups is 1. The topological polar surface area (TPSA) is 49.3 Å². The van der Waals surface area contributed by atoms with Crippen LogP contribution in [0.3, 0.4) is 0 Å². The van der Waals surface area contributed by atoms with Gasteiger partial charge < -0.3 is 10.4 Å². The summed E-state index contributed by atoms with van der Waals surface area (Å²) in [5.74, 6) is 0.570. The van der Waals surface area contributed by atoms with Gasteiger partial charge in [-0.05, 0) is 45.4 Å². The molecule has 15 heavy (non-hydrogen) atoms. The van der Waals surface area contributed by atoms with Crippen molar-refractivity contribution in [1.82, 2.24) is 5.32 Å². The van der Waals surface area contributed by atoms with Crippen molar-refractivity contribution in [1.29, 1.82) is 0 Å². The summed E-state index contributed by atoms with van der Waals surface area (Å²) in [6.45, 7) is 4.42. The van der Waals surface area contributed by atoms with Gasteiger partial charge in [-0.3, -0.25) is 4.79 Å². The van der Waals surface area contributed by atoms with Crippen molar-refractivity contribution in [2.75, 3.05) is 6.54 Å². The van der Waals surface area contributed by atoms with E-state index in [2.05, 4.69) is 21.2 Å². The Morgan fingerprint density at radius 1 is 1.40 bits per heavy atom. The zero-order valence-electron chi connectivity index (χ0n) is 9.42. The van der Waals surface area contributed by atoms with Gasteiger partial charge in [0.05, 0.1) is 10.4 Å². The molecule has 2 N–H and O–H groups in total. The van der Waals surface area contributed by atoms with E-state index in [-0.39, 0.29) is 12.0 Å². The normalized spacial score (nSPS) is 27.5. The number of carbonyl (C=O) groups excluding carboxylic acids is 1. The molecular formula is C11H20BrNO2. The van der Waals surface area contributed by atoms with E-state index in [9.17, 15) is 9.90 Å². The first-order chi connectivity index (χ1) is 6.89. The molecule has 0 bridgehead atoms. The maximum absolute atomic E-state index is 11.6. The zero-order chi connectivity index (χ0) is 11.5. The lowest BCUT2D eigenvalue weighted by Crippen LogP contribution is -2.40. The molecule has 0 aliphatic heterocycles. The van der Waals surface area contributed by atoms with Crippen LogP contribution in [-0.2, 0) is 4.79 Å². The van der Waals surface area contributed by atoms with Crippen molar-refractivity contribution in [3.8, 4) is 0 Å². The molecule has 1 amide bonds. The van der Waals surface area contributed by atoms with Gasteiger partial charge in [0.15, 0.2) is 0 Å². The van der Waals surface area contributed by atoms with Crippen LogP contribution in [0.25, 0.3) is 0 Å². The summed E-state index contributed by atoms with van der Waals surface area (Å²) in [6, 6.07) is 0. The van der Waals surface area contributed by atoms with E-state index in [1.54, 1.807) is 0 Å². The molecule has 4 heteroatoms. The number of nitrogens with one attached hydrogen (secondary N) is 1. The van der Waals surface area contributed by atoms with E-state index >= 15 is 0 Å². The fraction of sp³-hybridized carbons (Fsp3) is 0.909. The third-order valence-corrected chi connectivity index (χ3v) is 3.27. The predicted molar refractivity (Wildman–Crippen MR) is 64.0 cm³/mol. The largest absolute Gasteiger partial charge is 0.393 e. The van der Waals surface area contributed by atoms with Gasteiger partial charge in [0, 0.05) is 6.54 Å². The monoisotopic (exact) mass is 277 g/mol. The molecule has 0 unspecified atom stereocenters. The molecule has 1 aliphatic rings. The number of alkyl halides is 1. The molecule has 0 aromatic carbocycles. The van der Waals surface area contributed by atoms with Crippen LogP contribution < -0.4 is 5.32 Å². The van der Waals surface area contributed by atoms with Gasteiger partial charge in [-0.15, -0.1) is 0 Å². The summed E-state index contributed by atoms with van der Waals surface area (Å²) in [7, 11) is 0. The van der Waals surface area contributed by atoms with Crippen molar-refractivity contribution in [3.63, 3.8) is 0 Å². The molecule has 0 spiro atoms. The van der Waals surface area contributed by atoms with Gasteiger partial charge in [-0.2, -0.15) is 0 Å². The van der Waals surface area contributed by atoms with Crippen LogP contribution in [0.5, 0.6) is 0 Å². The van der Waals surface area contributed by atoms with E-state index in [4.69, 9.17) is 0 Å². The Morgan fingerprint density at radius 3 is 2.40 bits per heavy atom. The first-order valence-electron chi connectivity index (χ1n) is 5.55. The number of carbonyl (C=O) groups is 1. The van der Waals surface area contributed by atoms with Crippen molar-refractivity contribution in [2.45, 2.75) is 50.0 Å². The second kappa shape index (κ2) is 5.30. The van der Waals surface area contributed by atoms with Crippen LogP contribution in [0.4, 0.5) is 0 Å². The first kappa shape index (κ1) is 13.0. The standard InChI is InChI=1S/C11H20BrNO2/c1-11(2,12)10(15)13-7-8-3-5-9(14)6-4-8/h8-9,14H,3-7H2,1-2H3,(H,13,15). The number of hydrogen-bond donors (Lipinski definition) is 2. The third-order valence-electron chi connectivity index (χ3n) is 2.91. The van der Waals surface area contributed by atoms with E-state index in [0.717, 1.165) is 32.2 Å². The van der Waals surface area contributed by atoms with Gasteiger partial charge in [0.2, 0.25) is 5.91 Å². The maximum atomic E-state index is 11.6. The molecule has 0 heterocycles. The predicted octanol–water partition coefficient (Wildman–Crippen LogP) is 1.83. The average molecular weight is 278 g/mol. The molecule has 0 saturated heterocycles. The molecule has 1 fully saturated rings. The lowest BCUT2D eigenvalue weighted by atomic mass is 9.87. The Labute approximate surface area is 99.8 Å². The lowest BCUT2D eigenvalue weighted by Gasteiger charge is -2.26. The highest BCUT2D eigenvalue weighted by atomic mass is 79.9. The van der Waals surface area contributed by atoms with Crippen molar-refractivity contribution in [2.24, 2.45) is 5.92 Å². The Kier molecular flexibility index (Phi) is 4.59. The second-order valence-electron chi connectivity index (χ2n) is 4.86. The molecule has 0 radical (unpaired) electrons. The SMILES string of the molecule is CC(C)(Br)C(=O)NCC1CCC(O)CC1. The molecule has 0 aromatic heterocycles. The number of hydrogen-bond acceptors (Lipinski definition) is 2. The smallest absolute Gasteiger partial charge is 0.236 e. The fourth-order valence-corrected chi connectivity index (χ4v) is 1.94. The number of aliphatic hydroxyl groups excluding tert-OH is 1. The minimum absolute atomic E-state index is 0.0358. The summed E-state index contributed by atoms with van der Waals surface area (Å²) >= 11 is 3.33. The summed E-state index contributed by atoms with van der Waals surface area (Å²) in [5.41, 5.74) is 0. The van der Waals surface area contributed by atoms with Crippen molar-refractivity contribution in [3.05, 3.63) is 0 Å². The summed E-state index contributed by atoms with van der Waals surface area (Å²) in [4.78, 5) is 11.6. The highest BCUT2D eigenvalue weighted by Crippen LogP contribution is 2.24. The lowest BCUT2D eigenvalue weighted by molar-refractivity contribution is -0.122. The number of halogens is 1. The quantitative estimate of drug-likeness (QED) is 0.774. The number of rotatable bonds is 3. The molecule has 1 saturated carbocycles. The Balaban J connectivity index is 2.23. The molecule has 1 rings (SSSR count). The van der Waals surface area contributed by atoms with Gasteiger partial charge >= 0.3 is 0 Å². The highest BCUT2D eigenvalue weighted by Gasteiger charge is 2.25. The van der Waals surface area contributed by atoms with Crippen LogP contribution in [0.2, 0.25) is 0 Å². The molecular weight excluding hydrogens is 258 g/mol. The molecule has 3 nitrogen and oxygen atoms in total. The van der Waals surface area contributed by atoms with Gasteiger partial charge in [0.1, 0.15) is 0 Å². The van der Waals surface area contributed by atoms with E-state index in [0.29, 0.717) is 5.92 Å². The first-order valence-corrected chi connectivity index (χ1v) is 6.34. The molecule has 0 atom stereocenters. The molecule has 88 valence electrons. The van der Waals surface area contributed by atoms with Gasteiger partial charge in [-0.1, -0.05) is 15.9 Å².